The number of nitrogens with zero attached hydrogens (tertiary/aromatic N) is 3. The average Bonchev–Trinajstić information content (AvgIpc) is 2.55. The van der Waals surface area contributed by atoms with Crippen LogP contribution in [0.4, 0.5) is 5.82 Å². The SMILES string of the molecule is CC(C(c1ccccc1Cl)c1c(N)n(C)c(=O)n(C)c1=O)[N+](=O)[O-]. The van der Waals surface area contributed by atoms with Crippen molar-refractivity contribution in [2.75, 3.05) is 5.73 Å². The van der Waals surface area contributed by atoms with Crippen LogP contribution in [0.1, 0.15) is 24.0 Å². The van der Waals surface area contributed by atoms with E-state index in [1.165, 1.54) is 21.0 Å². The van der Waals surface area contributed by atoms with Crippen molar-refractivity contribution in [2.24, 2.45) is 14.1 Å². The topological polar surface area (TPSA) is 113 Å². The lowest BCUT2D eigenvalue weighted by molar-refractivity contribution is -0.520. The number of hydrogen-bond acceptors (Lipinski definition) is 5. The van der Waals surface area contributed by atoms with Crippen molar-refractivity contribution in [3.8, 4) is 0 Å². The maximum absolute atomic E-state index is 12.6. The van der Waals surface area contributed by atoms with Gasteiger partial charge in [-0.3, -0.25) is 24.0 Å². The third-order valence-corrected chi connectivity index (χ3v) is 4.46. The van der Waals surface area contributed by atoms with E-state index in [1.54, 1.807) is 24.3 Å². The van der Waals surface area contributed by atoms with Crippen LogP contribution in [0.5, 0.6) is 0 Å². The summed E-state index contributed by atoms with van der Waals surface area (Å²) in [7, 11) is 2.70. The third-order valence-electron chi connectivity index (χ3n) is 4.11. The Hall–Kier alpha value is -2.61. The largest absolute Gasteiger partial charge is 0.385 e. The van der Waals surface area contributed by atoms with E-state index >= 15 is 0 Å². The number of hydrogen-bond donors (Lipinski definition) is 1. The molecule has 2 aromatic rings. The Morgan fingerprint density at radius 1 is 1.21 bits per heavy atom. The molecule has 0 saturated heterocycles. The number of nitro groups is 1. The van der Waals surface area contributed by atoms with Crippen LogP contribution in [-0.4, -0.2) is 20.1 Å². The molecule has 1 aromatic heterocycles. The molecule has 1 heterocycles. The molecule has 128 valence electrons. The molecular weight excluding hydrogens is 336 g/mol. The van der Waals surface area contributed by atoms with Gasteiger partial charge in [0.25, 0.3) is 5.56 Å². The second-order valence-corrected chi connectivity index (χ2v) is 5.94. The highest BCUT2D eigenvalue weighted by Crippen LogP contribution is 2.34. The summed E-state index contributed by atoms with van der Waals surface area (Å²) in [6, 6.07) is 5.37. The normalized spacial score (nSPS) is 13.5. The average molecular weight is 353 g/mol. The van der Waals surface area contributed by atoms with E-state index in [4.69, 9.17) is 17.3 Å². The number of halogens is 1. The maximum atomic E-state index is 12.6. The molecule has 0 aliphatic heterocycles. The fourth-order valence-electron chi connectivity index (χ4n) is 2.68. The van der Waals surface area contributed by atoms with Crippen molar-refractivity contribution in [1.82, 2.24) is 9.13 Å². The molecule has 0 spiro atoms. The van der Waals surface area contributed by atoms with Crippen molar-refractivity contribution >= 4 is 17.4 Å². The Labute approximate surface area is 142 Å². The molecule has 0 bridgehead atoms. The van der Waals surface area contributed by atoms with Gasteiger partial charge < -0.3 is 5.73 Å². The first-order chi connectivity index (χ1) is 11.2. The summed E-state index contributed by atoms with van der Waals surface area (Å²) >= 11 is 6.19. The Balaban J connectivity index is 2.90. The summed E-state index contributed by atoms with van der Waals surface area (Å²) in [5, 5.41) is 11.7. The van der Waals surface area contributed by atoms with Gasteiger partial charge in [-0.15, -0.1) is 0 Å². The van der Waals surface area contributed by atoms with Gasteiger partial charge in [0.05, 0.1) is 11.5 Å². The summed E-state index contributed by atoms with van der Waals surface area (Å²) in [6.45, 7) is 1.37. The molecule has 24 heavy (non-hydrogen) atoms. The van der Waals surface area contributed by atoms with E-state index in [2.05, 4.69) is 0 Å². The minimum atomic E-state index is -1.17. The zero-order valence-electron chi connectivity index (χ0n) is 13.4. The predicted molar refractivity (Wildman–Crippen MR) is 91.1 cm³/mol. The lowest BCUT2D eigenvalue weighted by Crippen LogP contribution is -2.43. The standard InChI is InChI=1S/C15H17ClN4O4/c1-8(20(23)24)11(9-6-4-5-7-10(9)16)12-13(17)18(2)15(22)19(3)14(12)21/h4-8,11H,17H2,1-3H3. The predicted octanol–water partition coefficient (Wildman–Crippen LogP) is 1.12. The van der Waals surface area contributed by atoms with E-state index < -0.39 is 28.1 Å². The molecule has 0 aliphatic carbocycles. The second-order valence-electron chi connectivity index (χ2n) is 5.53. The molecule has 2 N–H and O–H groups in total. The number of aromatic nitrogens is 2. The van der Waals surface area contributed by atoms with Crippen LogP contribution < -0.4 is 17.0 Å². The summed E-state index contributed by atoms with van der Waals surface area (Å²) < 4.78 is 1.97. The van der Waals surface area contributed by atoms with Crippen LogP contribution >= 0.6 is 11.6 Å². The minimum Gasteiger partial charge on any atom is -0.385 e. The zero-order chi connectivity index (χ0) is 18.2. The molecule has 2 unspecified atom stereocenters. The van der Waals surface area contributed by atoms with Crippen molar-refractivity contribution in [3.63, 3.8) is 0 Å². The quantitative estimate of drug-likeness (QED) is 0.654. The van der Waals surface area contributed by atoms with Gasteiger partial charge in [0, 0.05) is 31.0 Å². The van der Waals surface area contributed by atoms with Gasteiger partial charge in [0.2, 0.25) is 6.04 Å². The number of anilines is 1. The van der Waals surface area contributed by atoms with E-state index in [1.807, 2.05) is 0 Å². The van der Waals surface area contributed by atoms with Gasteiger partial charge >= 0.3 is 5.69 Å². The number of nitrogens with two attached hydrogens (primary N) is 1. The Morgan fingerprint density at radius 3 is 2.33 bits per heavy atom. The van der Waals surface area contributed by atoms with Crippen LogP contribution in [-0.2, 0) is 14.1 Å². The smallest absolute Gasteiger partial charge is 0.332 e. The summed E-state index contributed by atoms with van der Waals surface area (Å²) in [6.07, 6.45) is 0. The fraction of sp³-hybridized carbons (Fsp3) is 0.333. The van der Waals surface area contributed by atoms with Crippen molar-refractivity contribution in [2.45, 2.75) is 18.9 Å². The van der Waals surface area contributed by atoms with Gasteiger partial charge in [0.15, 0.2) is 0 Å². The lowest BCUT2D eigenvalue weighted by Gasteiger charge is -2.22. The van der Waals surface area contributed by atoms with Crippen LogP contribution in [0.2, 0.25) is 5.02 Å². The lowest BCUT2D eigenvalue weighted by atomic mass is 9.86. The first-order valence-electron chi connectivity index (χ1n) is 7.11. The highest BCUT2D eigenvalue weighted by molar-refractivity contribution is 6.31. The van der Waals surface area contributed by atoms with E-state index in [0.717, 1.165) is 9.13 Å². The van der Waals surface area contributed by atoms with E-state index in [9.17, 15) is 19.7 Å². The molecule has 0 aliphatic rings. The summed E-state index contributed by atoms with van der Waals surface area (Å²) in [4.78, 5) is 35.5. The zero-order valence-corrected chi connectivity index (χ0v) is 14.1. The van der Waals surface area contributed by atoms with Crippen molar-refractivity contribution in [1.29, 1.82) is 0 Å². The number of benzene rings is 1. The highest BCUT2D eigenvalue weighted by Gasteiger charge is 2.36. The molecule has 1 aromatic carbocycles. The van der Waals surface area contributed by atoms with Gasteiger partial charge in [0.1, 0.15) is 5.82 Å². The summed E-state index contributed by atoms with van der Waals surface area (Å²) in [5.41, 5.74) is 5.08. The Kier molecular flexibility index (Phi) is 4.79. The molecule has 0 fully saturated rings. The van der Waals surface area contributed by atoms with Gasteiger partial charge in [-0.1, -0.05) is 29.8 Å². The monoisotopic (exact) mass is 352 g/mol. The highest BCUT2D eigenvalue weighted by atomic mass is 35.5. The van der Waals surface area contributed by atoms with Gasteiger partial charge in [-0.05, 0) is 11.6 Å². The summed E-state index contributed by atoms with van der Waals surface area (Å²) in [5.74, 6) is -1.10. The molecule has 0 radical (unpaired) electrons. The van der Waals surface area contributed by atoms with Crippen molar-refractivity contribution in [3.05, 3.63) is 71.4 Å². The van der Waals surface area contributed by atoms with Crippen LogP contribution in [0.25, 0.3) is 0 Å². The first-order valence-corrected chi connectivity index (χ1v) is 7.49. The Morgan fingerprint density at radius 2 is 1.79 bits per heavy atom. The molecule has 2 atom stereocenters. The first kappa shape index (κ1) is 17.7. The molecule has 2 rings (SSSR count). The van der Waals surface area contributed by atoms with Crippen LogP contribution in [0, 0.1) is 10.1 Å². The number of rotatable bonds is 4. The van der Waals surface area contributed by atoms with Crippen molar-refractivity contribution < 1.29 is 4.92 Å². The number of nitrogen functional groups attached to an aromatic ring is 1. The fourth-order valence-corrected chi connectivity index (χ4v) is 2.94. The molecule has 0 saturated carbocycles. The Bertz CT molecular complexity index is 919. The van der Waals surface area contributed by atoms with E-state index in [0.29, 0.717) is 5.56 Å². The minimum absolute atomic E-state index is 0.0168. The second kappa shape index (κ2) is 6.48. The molecule has 8 nitrogen and oxygen atoms in total. The van der Waals surface area contributed by atoms with Gasteiger partial charge in [-0.2, -0.15) is 0 Å². The van der Waals surface area contributed by atoms with Crippen LogP contribution in [0.15, 0.2) is 33.9 Å². The van der Waals surface area contributed by atoms with Crippen LogP contribution in [0.3, 0.4) is 0 Å². The molecule has 9 heteroatoms. The van der Waals surface area contributed by atoms with E-state index in [-0.39, 0.29) is 16.4 Å². The third kappa shape index (κ3) is 2.80. The molecular formula is C15H17ClN4O4. The van der Waals surface area contributed by atoms with Gasteiger partial charge in [-0.25, -0.2) is 4.79 Å². The molecule has 0 amide bonds. The maximum Gasteiger partial charge on any atom is 0.332 e.